The molecule has 0 saturated heterocycles. The molecule has 1 heterocycles. The molecule has 0 aliphatic heterocycles. The van der Waals surface area contributed by atoms with Crippen molar-refractivity contribution in [3.63, 3.8) is 0 Å². The standard InChI is InChI=1S/C23H24N4O5/c1-31-19(28)13-17-20(15-8-10-16(11-9-15)25-23(30)32-2)22(29)27-26-21(17)18(24)12-14-6-4-3-5-7-14/h3-11,18H,12-13,24H2,1-2H3,(H,25,30)(H,27,29)/t18-/m0/s1. The van der Waals surface area contributed by atoms with Crippen LogP contribution in [0.1, 0.15) is 22.9 Å². The number of nitrogens with two attached hydrogens (primary N) is 1. The Kier molecular flexibility index (Phi) is 7.35. The number of benzene rings is 2. The monoisotopic (exact) mass is 436 g/mol. The van der Waals surface area contributed by atoms with Crippen molar-refractivity contribution in [1.82, 2.24) is 10.2 Å². The average Bonchev–Trinajstić information content (AvgIpc) is 2.80. The minimum atomic E-state index is -0.611. The molecule has 166 valence electrons. The third-order valence-electron chi connectivity index (χ3n) is 4.92. The Morgan fingerprint density at radius 2 is 1.75 bits per heavy atom. The highest BCUT2D eigenvalue weighted by Gasteiger charge is 2.23. The molecule has 32 heavy (non-hydrogen) atoms. The number of esters is 1. The summed E-state index contributed by atoms with van der Waals surface area (Å²) in [5, 5.41) is 9.21. The van der Waals surface area contributed by atoms with Crippen LogP contribution in [0.25, 0.3) is 11.1 Å². The molecular formula is C23H24N4O5. The van der Waals surface area contributed by atoms with Crippen molar-refractivity contribution in [3.8, 4) is 11.1 Å². The van der Waals surface area contributed by atoms with Crippen LogP contribution in [0.5, 0.6) is 0 Å². The van der Waals surface area contributed by atoms with Gasteiger partial charge in [-0.3, -0.25) is 14.9 Å². The number of carbonyl (C=O) groups is 2. The fourth-order valence-corrected chi connectivity index (χ4v) is 3.36. The van der Waals surface area contributed by atoms with Gasteiger partial charge in [0.2, 0.25) is 0 Å². The number of methoxy groups -OCH3 is 2. The van der Waals surface area contributed by atoms with Gasteiger partial charge in [-0.05, 0) is 29.7 Å². The van der Waals surface area contributed by atoms with E-state index in [4.69, 9.17) is 10.5 Å². The Balaban J connectivity index is 2.04. The lowest BCUT2D eigenvalue weighted by molar-refractivity contribution is -0.139. The van der Waals surface area contributed by atoms with E-state index in [1.165, 1.54) is 14.2 Å². The number of ether oxygens (including phenoxy) is 2. The molecule has 2 aromatic carbocycles. The second kappa shape index (κ2) is 10.4. The molecule has 0 bridgehead atoms. The largest absolute Gasteiger partial charge is 0.469 e. The smallest absolute Gasteiger partial charge is 0.411 e. The summed E-state index contributed by atoms with van der Waals surface area (Å²) in [6, 6.07) is 15.6. The fourth-order valence-electron chi connectivity index (χ4n) is 3.36. The van der Waals surface area contributed by atoms with Crippen LogP contribution in [0.3, 0.4) is 0 Å². The highest BCUT2D eigenvalue weighted by atomic mass is 16.5. The molecule has 0 radical (unpaired) electrons. The summed E-state index contributed by atoms with van der Waals surface area (Å²) in [7, 11) is 2.54. The van der Waals surface area contributed by atoms with Gasteiger partial charge in [0, 0.05) is 11.3 Å². The summed E-state index contributed by atoms with van der Waals surface area (Å²) in [4.78, 5) is 36.3. The summed E-state index contributed by atoms with van der Waals surface area (Å²) < 4.78 is 9.41. The second-order valence-electron chi connectivity index (χ2n) is 7.03. The first kappa shape index (κ1) is 22.7. The summed E-state index contributed by atoms with van der Waals surface area (Å²) in [5.41, 5.74) is 9.08. The quantitative estimate of drug-likeness (QED) is 0.484. The Morgan fingerprint density at radius 1 is 1.06 bits per heavy atom. The molecule has 9 heteroatoms. The zero-order chi connectivity index (χ0) is 23.1. The molecule has 1 aromatic heterocycles. The van der Waals surface area contributed by atoms with Gasteiger partial charge >= 0.3 is 12.1 Å². The maximum atomic E-state index is 12.8. The Morgan fingerprint density at radius 3 is 2.38 bits per heavy atom. The van der Waals surface area contributed by atoms with Crippen LogP contribution in [-0.4, -0.2) is 36.5 Å². The number of carbonyl (C=O) groups excluding carboxylic acids is 2. The van der Waals surface area contributed by atoms with Crippen molar-refractivity contribution < 1.29 is 19.1 Å². The number of rotatable bonds is 7. The second-order valence-corrected chi connectivity index (χ2v) is 7.03. The molecule has 0 aliphatic carbocycles. The van der Waals surface area contributed by atoms with E-state index in [9.17, 15) is 14.4 Å². The third kappa shape index (κ3) is 5.38. The van der Waals surface area contributed by atoms with E-state index in [1.807, 2.05) is 30.3 Å². The summed E-state index contributed by atoms with van der Waals surface area (Å²) in [6.45, 7) is 0. The van der Waals surface area contributed by atoms with E-state index in [-0.39, 0.29) is 12.0 Å². The zero-order valence-electron chi connectivity index (χ0n) is 17.8. The molecule has 9 nitrogen and oxygen atoms in total. The minimum Gasteiger partial charge on any atom is -0.469 e. The number of amides is 1. The van der Waals surface area contributed by atoms with Gasteiger partial charge in [0.25, 0.3) is 5.56 Å². The number of hydrogen-bond donors (Lipinski definition) is 3. The van der Waals surface area contributed by atoms with Gasteiger partial charge in [0.15, 0.2) is 0 Å². The molecule has 0 aliphatic rings. The average molecular weight is 436 g/mol. The van der Waals surface area contributed by atoms with E-state index in [2.05, 4.69) is 20.3 Å². The van der Waals surface area contributed by atoms with Crippen LogP contribution < -0.4 is 16.6 Å². The summed E-state index contributed by atoms with van der Waals surface area (Å²) in [5.74, 6) is -0.518. The van der Waals surface area contributed by atoms with Crippen molar-refractivity contribution in [2.75, 3.05) is 19.5 Å². The lowest BCUT2D eigenvalue weighted by atomic mass is 9.93. The molecule has 4 N–H and O–H groups in total. The zero-order valence-corrected chi connectivity index (χ0v) is 17.8. The number of hydrogen-bond acceptors (Lipinski definition) is 7. The number of nitrogens with zero attached hydrogens (tertiary/aromatic N) is 1. The van der Waals surface area contributed by atoms with Gasteiger partial charge in [-0.1, -0.05) is 42.5 Å². The van der Waals surface area contributed by atoms with Crippen molar-refractivity contribution in [3.05, 3.63) is 81.8 Å². The Labute approximate surface area is 184 Å². The number of aromatic nitrogens is 2. The molecular weight excluding hydrogens is 412 g/mol. The van der Waals surface area contributed by atoms with Crippen molar-refractivity contribution in [1.29, 1.82) is 0 Å². The van der Waals surface area contributed by atoms with Crippen LogP contribution in [0.4, 0.5) is 10.5 Å². The lowest BCUT2D eigenvalue weighted by Crippen LogP contribution is -2.25. The fraction of sp³-hybridized carbons (Fsp3) is 0.217. The molecule has 0 spiro atoms. The predicted octanol–water partition coefficient (Wildman–Crippen LogP) is 2.57. The van der Waals surface area contributed by atoms with Gasteiger partial charge in [-0.2, -0.15) is 5.10 Å². The van der Waals surface area contributed by atoms with Crippen LogP contribution in [-0.2, 0) is 27.1 Å². The van der Waals surface area contributed by atoms with Crippen LogP contribution in [0.15, 0.2) is 59.4 Å². The predicted molar refractivity (Wildman–Crippen MR) is 119 cm³/mol. The Hall–Kier alpha value is -3.98. The molecule has 0 saturated carbocycles. The number of H-pyrrole nitrogens is 1. The van der Waals surface area contributed by atoms with E-state index >= 15 is 0 Å². The minimum absolute atomic E-state index is 0.164. The SMILES string of the molecule is COC(=O)Cc1c([C@@H](N)Cc2ccccc2)n[nH]c(=O)c1-c1ccc(NC(=O)OC)cc1. The van der Waals surface area contributed by atoms with E-state index in [1.54, 1.807) is 24.3 Å². The van der Waals surface area contributed by atoms with Crippen LogP contribution >= 0.6 is 0 Å². The van der Waals surface area contributed by atoms with Gasteiger partial charge in [-0.25, -0.2) is 9.89 Å². The van der Waals surface area contributed by atoms with Crippen molar-refractivity contribution in [2.24, 2.45) is 5.73 Å². The maximum absolute atomic E-state index is 12.8. The van der Waals surface area contributed by atoms with E-state index in [0.717, 1.165) is 5.56 Å². The molecule has 0 fully saturated rings. The number of nitrogens with one attached hydrogen (secondary N) is 2. The summed E-state index contributed by atoms with van der Waals surface area (Å²) >= 11 is 0. The highest BCUT2D eigenvalue weighted by molar-refractivity contribution is 5.85. The number of anilines is 1. The maximum Gasteiger partial charge on any atom is 0.411 e. The summed E-state index contributed by atoms with van der Waals surface area (Å²) in [6.07, 6.45) is -0.307. The lowest BCUT2D eigenvalue weighted by Gasteiger charge is -2.18. The van der Waals surface area contributed by atoms with Gasteiger partial charge in [-0.15, -0.1) is 0 Å². The first-order valence-electron chi connectivity index (χ1n) is 9.86. The normalized spacial score (nSPS) is 11.5. The third-order valence-corrected chi connectivity index (χ3v) is 4.92. The van der Waals surface area contributed by atoms with Crippen LogP contribution in [0, 0.1) is 0 Å². The molecule has 1 amide bonds. The van der Waals surface area contributed by atoms with Gasteiger partial charge in [0.05, 0.1) is 37.9 Å². The van der Waals surface area contributed by atoms with Crippen molar-refractivity contribution in [2.45, 2.75) is 18.9 Å². The van der Waals surface area contributed by atoms with Gasteiger partial charge in [0.1, 0.15) is 0 Å². The number of aromatic amines is 1. The van der Waals surface area contributed by atoms with Crippen LogP contribution in [0.2, 0.25) is 0 Å². The van der Waals surface area contributed by atoms with Crippen molar-refractivity contribution >= 4 is 17.7 Å². The Bertz CT molecular complexity index is 1140. The molecule has 3 rings (SSSR count). The highest BCUT2D eigenvalue weighted by Crippen LogP contribution is 2.27. The molecule has 3 aromatic rings. The van der Waals surface area contributed by atoms with Gasteiger partial charge < -0.3 is 15.2 Å². The molecule has 1 atom stereocenters. The molecule has 0 unspecified atom stereocenters. The first-order valence-corrected chi connectivity index (χ1v) is 9.86. The first-order chi connectivity index (χ1) is 15.4. The van der Waals surface area contributed by atoms with E-state index in [0.29, 0.717) is 28.9 Å². The van der Waals surface area contributed by atoms with E-state index < -0.39 is 23.7 Å². The topological polar surface area (TPSA) is 136 Å².